The van der Waals surface area contributed by atoms with Gasteiger partial charge >= 0.3 is 0 Å². The summed E-state index contributed by atoms with van der Waals surface area (Å²) in [6.45, 7) is 7.70. The minimum absolute atomic E-state index is 1.07. The molecule has 1 aromatic carbocycles. The predicted molar refractivity (Wildman–Crippen MR) is 64.0 cm³/mol. The quantitative estimate of drug-likeness (QED) is 0.749. The average Bonchev–Trinajstić information content (AvgIpc) is 2.25. The lowest BCUT2D eigenvalue weighted by Crippen LogP contribution is -2.05. The molecule has 0 fully saturated rings. The number of anilines is 1. The molecule has 0 saturated carbocycles. The van der Waals surface area contributed by atoms with Crippen LogP contribution in [0, 0.1) is 0 Å². The van der Waals surface area contributed by atoms with E-state index in [9.17, 15) is 0 Å². The van der Waals surface area contributed by atoms with Crippen LogP contribution in [0.3, 0.4) is 0 Å². The van der Waals surface area contributed by atoms with Crippen molar-refractivity contribution in [1.82, 2.24) is 0 Å². The van der Waals surface area contributed by atoms with Crippen LogP contribution in [0.4, 0.5) is 5.69 Å². The van der Waals surface area contributed by atoms with Gasteiger partial charge in [0.15, 0.2) is 0 Å². The molecular formula is C13H21N. The fraction of sp³-hybridized carbons (Fsp3) is 0.538. The second kappa shape index (κ2) is 5.69. The summed E-state index contributed by atoms with van der Waals surface area (Å²) in [7, 11) is 0. The Hall–Kier alpha value is -0.980. The van der Waals surface area contributed by atoms with E-state index in [1.165, 1.54) is 23.2 Å². The first kappa shape index (κ1) is 11.1. The highest BCUT2D eigenvalue weighted by molar-refractivity contribution is 5.57. The van der Waals surface area contributed by atoms with Gasteiger partial charge in [-0.25, -0.2) is 0 Å². The molecule has 1 aromatic rings. The fourth-order valence-corrected chi connectivity index (χ4v) is 1.72. The number of para-hydroxylation sites is 1. The largest absolute Gasteiger partial charge is 0.385 e. The van der Waals surface area contributed by atoms with E-state index >= 15 is 0 Å². The van der Waals surface area contributed by atoms with Crippen molar-refractivity contribution in [3.05, 3.63) is 29.3 Å². The van der Waals surface area contributed by atoms with Crippen molar-refractivity contribution < 1.29 is 0 Å². The molecule has 0 aliphatic carbocycles. The van der Waals surface area contributed by atoms with Crippen molar-refractivity contribution in [1.29, 1.82) is 0 Å². The molecule has 0 radical (unpaired) electrons. The summed E-state index contributed by atoms with van der Waals surface area (Å²) < 4.78 is 0. The van der Waals surface area contributed by atoms with E-state index in [1.807, 2.05) is 0 Å². The van der Waals surface area contributed by atoms with E-state index in [-0.39, 0.29) is 0 Å². The highest BCUT2D eigenvalue weighted by Gasteiger charge is 2.04. The number of nitrogens with one attached hydrogen (secondary N) is 1. The molecule has 0 amide bonds. The maximum absolute atomic E-state index is 3.53. The maximum atomic E-state index is 3.53. The number of aryl methyl sites for hydroxylation is 2. The molecule has 1 heteroatoms. The van der Waals surface area contributed by atoms with E-state index < -0.39 is 0 Å². The van der Waals surface area contributed by atoms with Crippen LogP contribution in [-0.2, 0) is 12.8 Å². The van der Waals surface area contributed by atoms with Crippen LogP contribution in [0.1, 0.15) is 38.3 Å². The van der Waals surface area contributed by atoms with E-state index in [2.05, 4.69) is 44.3 Å². The van der Waals surface area contributed by atoms with E-state index in [0.29, 0.717) is 0 Å². The van der Waals surface area contributed by atoms with Gasteiger partial charge in [-0.05, 0) is 30.4 Å². The number of benzene rings is 1. The molecular weight excluding hydrogens is 170 g/mol. The molecule has 0 bridgehead atoms. The standard InChI is InChI=1S/C13H21N/c1-4-10-14-13-11(5-2)8-7-9-12(13)6-3/h7-9,14H,4-6,10H2,1-3H3. The van der Waals surface area contributed by atoms with Crippen LogP contribution >= 0.6 is 0 Å². The molecule has 0 aliphatic rings. The van der Waals surface area contributed by atoms with Gasteiger partial charge in [0.25, 0.3) is 0 Å². The van der Waals surface area contributed by atoms with Gasteiger partial charge in [0.05, 0.1) is 0 Å². The number of rotatable bonds is 5. The highest BCUT2D eigenvalue weighted by atomic mass is 14.9. The summed E-state index contributed by atoms with van der Waals surface area (Å²) >= 11 is 0. The second-order valence-electron chi connectivity index (χ2n) is 3.59. The van der Waals surface area contributed by atoms with Crippen molar-refractivity contribution >= 4 is 5.69 Å². The van der Waals surface area contributed by atoms with E-state index in [1.54, 1.807) is 0 Å². The molecule has 1 nitrogen and oxygen atoms in total. The minimum atomic E-state index is 1.07. The van der Waals surface area contributed by atoms with Crippen LogP contribution in [0.2, 0.25) is 0 Å². The summed E-state index contributed by atoms with van der Waals surface area (Å²) in [4.78, 5) is 0. The van der Waals surface area contributed by atoms with Crippen LogP contribution in [0.25, 0.3) is 0 Å². The Morgan fingerprint density at radius 2 is 1.57 bits per heavy atom. The van der Waals surface area contributed by atoms with Gasteiger partial charge in [-0.3, -0.25) is 0 Å². The molecule has 78 valence electrons. The first-order valence-electron chi connectivity index (χ1n) is 5.68. The third kappa shape index (κ3) is 2.50. The van der Waals surface area contributed by atoms with E-state index in [4.69, 9.17) is 0 Å². The smallest absolute Gasteiger partial charge is 0.0405 e. The van der Waals surface area contributed by atoms with Crippen molar-refractivity contribution in [3.8, 4) is 0 Å². The van der Waals surface area contributed by atoms with Gasteiger partial charge in [-0.15, -0.1) is 0 Å². The monoisotopic (exact) mass is 191 g/mol. The first-order valence-corrected chi connectivity index (χ1v) is 5.68. The lowest BCUT2D eigenvalue weighted by Gasteiger charge is -2.14. The average molecular weight is 191 g/mol. The lowest BCUT2D eigenvalue weighted by molar-refractivity contribution is 0.963. The topological polar surface area (TPSA) is 12.0 Å². The Balaban J connectivity index is 2.93. The second-order valence-corrected chi connectivity index (χ2v) is 3.59. The Morgan fingerprint density at radius 1 is 1.00 bits per heavy atom. The third-order valence-corrected chi connectivity index (χ3v) is 2.55. The third-order valence-electron chi connectivity index (χ3n) is 2.55. The zero-order valence-electron chi connectivity index (χ0n) is 9.56. The highest BCUT2D eigenvalue weighted by Crippen LogP contribution is 2.22. The van der Waals surface area contributed by atoms with Crippen molar-refractivity contribution in [2.24, 2.45) is 0 Å². The van der Waals surface area contributed by atoms with Crippen LogP contribution in [0.5, 0.6) is 0 Å². The number of hydrogen-bond acceptors (Lipinski definition) is 1. The fourth-order valence-electron chi connectivity index (χ4n) is 1.72. The normalized spacial score (nSPS) is 10.2. The molecule has 0 atom stereocenters. The Morgan fingerprint density at radius 3 is 2.00 bits per heavy atom. The van der Waals surface area contributed by atoms with Gasteiger partial charge in [-0.2, -0.15) is 0 Å². The summed E-state index contributed by atoms with van der Waals surface area (Å²) in [5.41, 5.74) is 4.26. The molecule has 0 heterocycles. The molecule has 0 saturated heterocycles. The van der Waals surface area contributed by atoms with E-state index in [0.717, 1.165) is 19.4 Å². The zero-order chi connectivity index (χ0) is 10.4. The Labute approximate surface area is 87.5 Å². The maximum Gasteiger partial charge on any atom is 0.0405 e. The summed E-state index contributed by atoms with van der Waals surface area (Å²) in [5, 5.41) is 3.53. The SMILES string of the molecule is CCCNc1c(CC)cccc1CC. The Bertz CT molecular complexity index is 256. The lowest BCUT2D eigenvalue weighted by atomic mass is 10.0. The molecule has 1 N–H and O–H groups in total. The molecule has 0 aliphatic heterocycles. The number of hydrogen-bond donors (Lipinski definition) is 1. The molecule has 1 rings (SSSR count). The van der Waals surface area contributed by atoms with Gasteiger partial charge < -0.3 is 5.32 Å². The predicted octanol–water partition coefficient (Wildman–Crippen LogP) is 3.63. The zero-order valence-corrected chi connectivity index (χ0v) is 9.56. The molecule has 0 aromatic heterocycles. The van der Waals surface area contributed by atoms with Gasteiger partial charge in [0.2, 0.25) is 0 Å². The van der Waals surface area contributed by atoms with Crippen LogP contribution in [-0.4, -0.2) is 6.54 Å². The van der Waals surface area contributed by atoms with Crippen molar-refractivity contribution in [2.75, 3.05) is 11.9 Å². The van der Waals surface area contributed by atoms with Crippen LogP contribution < -0.4 is 5.32 Å². The Kier molecular flexibility index (Phi) is 4.51. The molecule has 0 unspecified atom stereocenters. The van der Waals surface area contributed by atoms with Crippen molar-refractivity contribution in [2.45, 2.75) is 40.0 Å². The van der Waals surface area contributed by atoms with Gasteiger partial charge in [-0.1, -0.05) is 39.0 Å². The van der Waals surface area contributed by atoms with Gasteiger partial charge in [0.1, 0.15) is 0 Å². The van der Waals surface area contributed by atoms with Crippen LogP contribution in [0.15, 0.2) is 18.2 Å². The summed E-state index contributed by atoms with van der Waals surface area (Å²) in [6, 6.07) is 6.60. The first-order chi connectivity index (χ1) is 6.83. The molecule has 14 heavy (non-hydrogen) atoms. The van der Waals surface area contributed by atoms with Crippen molar-refractivity contribution in [3.63, 3.8) is 0 Å². The minimum Gasteiger partial charge on any atom is -0.385 e. The summed E-state index contributed by atoms with van der Waals surface area (Å²) in [5.74, 6) is 0. The summed E-state index contributed by atoms with van der Waals surface area (Å²) in [6.07, 6.45) is 3.40. The van der Waals surface area contributed by atoms with Gasteiger partial charge in [0, 0.05) is 12.2 Å². The molecule has 0 spiro atoms.